The second-order valence-corrected chi connectivity index (χ2v) is 6.63. The number of halogens is 3. The Bertz CT molecular complexity index is 569. The van der Waals surface area contributed by atoms with E-state index in [1.165, 1.54) is 6.07 Å². The first-order valence-electron chi connectivity index (χ1n) is 7.91. The number of carbonyl (C=O) groups is 2. The van der Waals surface area contributed by atoms with E-state index in [4.69, 9.17) is 44.3 Å². The predicted molar refractivity (Wildman–Crippen MR) is 96.4 cm³/mol. The van der Waals surface area contributed by atoms with Gasteiger partial charge in [-0.1, -0.05) is 74.3 Å². The van der Waals surface area contributed by atoms with Crippen LogP contribution in [0.5, 0.6) is 5.75 Å². The third-order valence-corrected chi connectivity index (χ3v) is 4.72. The summed E-state index contributed by atoms with van der Waals surface area (Å²) in [6, 6.07) is 1.31. The Balaban J connectivity index is 2.85. The summed E-state index contributed by atoms with van der Waals surface area (Å²) in [5.41, 5.74) is -0.135. The summed E-state index contributed by atoms with van der Waals surface area (Å²) in [6.45, 7) is 4.68. The summed E-state index contributed by atoms with van der Waals surface area (Å²) in [5, 5.41) is 0.0431. The van der Waals surface area contributed by atoms with Crippen LogP contribution in [0.4, 0.5) is 0 Å². The predicted octanol–water partition coefficient (Wildman–Crippen LogP) is 5.95. The van der Waals surface area contributed by atoms with Gasteiger partial charge in [0, 0.05) is 0 Å². The van der Waals surface area contributed by atoms with E-state index in [0.29, 0.717) is 5.92 Å². The maximum Gasteiger partial charge on any atom is 0.343 e. The van der Waals surface area contributed by atoms with Crippen molar-refractivity contribution in [1.82, 2.24) is 0 Å². The summed E-state index contributed by atoms with van der Waals surface area (Å²) < 4.78 is 10.1. The summed E-state index contributed by atoms with van der Waals surface area (Å²) in [5.74, 6) is -0.352. The minimum Gasteiger partial charge on any atom is -0.462 e. The minimum absolute atomic E-state index is 0.0123. The topological polar surface area (TPSA) is 52.6 Å². The average Bonchev–Trinajstić information content (AvgIpc) is 2.53. The van der Waals surface area contributed by atoms with Crippen LogP contribution in [0.15, 0.2) is 6.07 Å². The van der Waals surface area contributed by atoms with Crippen LogP contribution in [0.25, 0.3) is 0 Å². The van der Waals surface area contributed by atoms with Crippen molar-refractivity contribution in [1.29, 1.82) is 0 Å². The van der Waals surface area contributed by atoms with Crippen LogP contribution in [0.2, 0.25) is 15.1 Å². The Labute approximate surface area is 157 Å². The number of esters is 1. The number of carbonyl (C=O) groups excluding carboxylic acids is 2. The van der Waals surface area contributed by atoms with Crippen LogP contribution in [-0.4, -0.2) is 19.0 Å². The zero-order valence-electron chi connectivity index (χ0n) is 13.7. The van der Waals surface area contributed by atoms with Gasteiger partial charge in [-0.15, -0.1) is 0 Å². The molecular formula is C17H21Cl3O4. The highest BCUT2D eigenvalue weighted by atomic mass is 35.5. The highest BCUT2D eigenvalue weighted by Crippen LogP contribution is 2.39. The van der Waals surface area contributed by atoms with Gasteiger partial charge in [-0.2, -0.15) is 0 Å². The summed E-state index contributed by atoms with van der Waals surface area (Å²) in [6.07, 6.45) is 5.13. The van der Waals surface area contributed by atoms with Crippen LogP contribution >= 0.6 is 34.8 Å². The second kappa shape index (κ2) is 10.8. The van der Waals surface area contributed by atoms with Gasteiger partial charge in [-0.25, -0.2) is 4.79 Å². The van der Waals surface area contributed by atoms with E-state index in [9.17, 15) is 9.59 Å². The smallest absolute Gasteiger partial charge is 0.343 e. The molecule has 0 saturated heterocycles. The van der Waals surface area contributed by atoms with Crippen molar-refractivity contribution in [2.45, 2.75) is 46.0 Å². The lowest BCUT2D eigenvalue weighted by Gasteiger charge is -2.16. The molecule has 1 aromatic carbocycles. The molecule has 4 nitrogen and oxygen atoms in total. The fourth-order valence-electron chi connectivity index (χ4n) is 2.56. The van der Waals surface area contributed by atoms with Crippen molar-refractivity contribution in [2.75, 3.05) is 6.61 Å². The molecule has 0 aliphatic carbocycles. The second-order valence-electron chi connectivity index (χ2n) is 5.44. The van der Waals surface area contributed by atoms with Crippen molar-refractivity contribution in [3.05, 3.63) is 26.7 Å². The molecule has 0 heterocycles. The minimum atomic E-state index is -0.715. The van der Waals surface area contributed by atoms with Crippen molar-refractivity contribution < 1.29 is 19.1 Å². The maximum absolute atomic E-state index is 12.3. The molecule has 0 aliphatic heterocycles. The zero-order chi connectivity index (χ0) is 18.1. The van der Waals surface area contributed by atoms with E-state index < -0.39 is 5.97 Å². The van der Waals surface area contributed by atoms with Crippen molar-refractivity contribution in [3.63, 3.8) is 0 Å². The van der Waals surface area contributed by atoms with Crippen molar-refractivity contribution >= 4 is 47.2 Å². The van der Waals surface area contributed by atoms with Gasteiger partial charge in [0.15, 0.2) is 5.75 Å². The lowest BCUT2D eigenvalue weighted by molar-refractivity contribution is -0.120. The molecule has 0 radical (unpaired) electrons. The quantitative estimate of drug-likeness (QED) is 0.279. The first-order valence-corrected chi connectivity index (χ1v) is 9.04. The van der Waals surface area contributed by atoms with Gasteiger partial charge in [-0.3, -0.25) is 4.79 Å². The largest absolute Gasteiger partial charge is 0.462 e. The molecule has 0 aromatic heterocycles. The van der Waals surface area contributed by atoms with Gasteiger partial charge < -0.3 is 9.47 Å². The molecule has 0 N–H and O–H groups in total. The molecule has 0 aliphatic rings. The Hall–Kier alpha value is -0.970. The van der Waals surface area contributed by atoms with Gasteiger partial charge in [0.1, 0.15) is 5.56 Å². The van der Waals surface area contributed by atoms with Gasteiger partial charge in [0.25, 0.3) is 6.47 Å². The van der Waals surface area contributed by atoms with Crippen LogP contribution in [0, 0.1) is 5.92 Å². The molecule has 0 saturated carbocycles. The molecular weight excluding hydrogens is 375 g/mol. The first kappa shape index (κ1) is 21.1. The van der Waals surface area contributed by atoms with E-state index in [1.807, 2.05) is 0 Å². The molecule has 0 amide bonds. The summed E-state index contributed by atoms with van der Waals surface area (Å²) >= 11 is 18.0. The molecule has 24 heavy (non-hydrogen) atoms. The number of hydrogen-bond acceptors (Lipinski definition) is 4. The van der Waals surface area contributed by atoms with Crippen molar-refractivity contribution in [2.24, 2.45) is 5.92 Å². The van der Waals surface area contributed by atoms with Crippen molar-refractivity contribution in [3.8, 4) is 5.75 Å². The third kappa shape index (κ3) is 5.83. The Kier molecular flexibility index (Phi) is 9.49. The molecule has 0 bridgehead atoms. The zero-order valence-corrected chi connectivity index (χ0v) is 16.0. The monoisotopic (exact) mass is 394 g/mol. The number of ether oxygens (including phenoxy) is 2. The standard InChI is InChI=1S/C17H21Cl3O4/c1-3-5-11(6-4-2)7-8-23-17(22)14-15(20)12(18)9-13(19)16(14)24-10-21/h9-11H,3-8H2,1-2H3. The van der Waals surface area contributed by atoms with Gasteiger partial charge in [0.2, 0.25) is 0 Å². The third-order valence-electron chi connectivity index (χ3n) is 3.65. The Morgan fingerprint density at radius 3 is 2.29 bits per heavy atom. The highest BCUT2D eigenvalue weighted by Gasteiger charge is 2.24. The lowest BCUT2D eigenvalue weighted by atomic mass is 9.95. The van der Waals surface area contributed by atoms with E-state index in [-0.39, 0.29) is 39.5 Å². The summed E-state index contributed by atoms with van der Waals surface area (Å²) in [7, 11) is 0. The highest BCUT2D eigenvalue weighted by molar-refractivity contribution is 6.45. The normalized spacial score (nSPS) is 10.8. The van der Waals surface area contributed by atoms with Crippen LogP contribution in [0.1, 0.15) is 56.3 Å². The molecule has 0 atom stereocenters. The maximum atomic E-state index is 12.3. The molecule has 0 fully saturated rings. The Morgan fingerprint density at radius 1 is 1.12 bits per heavy atom. The Morgan fingerprint density at radius 2 is 1.75 bits per heavy atom. The first-order chi connectivity index (χ1) is 11.5. The van der Waals surface area contributed by atoms with Gasteiger partial charge >= 0.3 is 5.97 Å². The summed E-state index contributed by atoms with van der Waals surface area (Å²) in [4.78, 5) is 23.0. The fraction of sp³-hybridized carbons (Fsp3) is 0.529. The van der Waals surface area contributed by atoms with E-state index in [2.05, 4.69) is 13.8 Å². The number of benzene rings is 1. The fourth-order valence-corrected chi connectivity index (χ4v) is 3.29. The van der Waals surface area contributed by atoms with Crippen LogP contribution in [-0.2, 0) is 9.53 Å². The molecule has 134 valence electrons. The van der Waals surface area contributed by atoms with Crippen LogP contribution < -0.4 is 4.74 Å². The molecule has 0 spiro atoms. The average molecular weight is 396 g/mol. The SMILES string of the molecule is CCCC(CCC)CCOC(=O)c1c(Cl)c(Cl)cc(Cl)c1OC=O. The molecule has 7 heteroatoms. The van der Waals surface area contributed by atoms with Crippen LogP contribution in [0.3, 0.4) is 0 Å². The van der Waals surface area contributed by atoms with Gasteiger partial charge in [0.05, 0.1) is 21.7 Å². The number of hydrogen-bond donors (Lipinski definition) is 0. The lowest BCUT2D eigenvalue weighted by Crippen LogP contribution is -2.13. The van der Waals surface area contributed by atoms with Gasteiger partial charge in [-0.05, 0) is 18.4 Å². The van der Waals surface area contributed by atoms with E-state index >= 15 is 0 Å². The van der Waals surface area contributed by atoms with E-state index in [1.54, 1.807) is 0 Å². The molecule has 1 rings (SSSR count). The number of rotatable bonds is 10. The van der Waals surface area contributed by atoms with E-state index in [0.717, 1.165) is 32.1 Å². The molecule has 1 aromatic rings. The molecule has 0 unspecified atom stereocenters.